The summed E-state index contributed by atoms with van der Waals surface area (Å²) in [6, 6.07) is 4.92. The van der Waals surface area contributed by atoms with Crippen LogP contribution in [-0.2, 0) is 24.3 Å². The van der Waals surface area contributed by atoms with Gasteiger partial charge in [0.1, 0.15) is 12.6 Å². The fourth-order valence-corrected chi connectivity index (χ4v) is 4.39. The van der Waals surface area contributed by atoms with E-state index < -0.39 is 22.0 Å². The molecule has 2 rings (SSSR count). The van der Waals surface area contributed by atoms with E-state index in [0.29, 0.717) is 18.4 Å². The SMILES string of the molecule is COCCOC(=O)C1CCCCN1S(=O)(=O)c1ccc(C(C)=O)cc1. The molecule has 138 valence electrons. The van der Waals surface area contributed by atoms with Crippen LogP contribution in [0.1, 0.15) is 36.5 Å². The molecule has 0 bridgehead atoms. The van der Waals surface area contributed by atoms with Gasteiger partial charge in [-0.1, -0.05) is 12.1 Å². The Kier molecular flexibility index (Phi) is 6.69. The van der Waals surface area contributed by atoms with E-state index in [0.717, 1.165) is 6.42 Å². The number of methoxy groups -OCH3 is 1. The second-order valence-electron chi connectivity index (χ2n) is 5.87. The highest BCUT2D eigenvalue weighted by Gasteiger charge is 2.38. The molecule has 1 unspecified atom stereocenters. The van der Waals surface area contributed by atoms with E-state index in [1.165, 1.54) is 42.6 Å². The lowest BCUT2D eigenvalue weighted by Gasteiger charge is -2.33. The van der Waals surface area contributed by atoms with Crippen LogP contribution in [0, 0.1) is 0 Å². The van der Waals surface area contributed by atoms with Crippen molar-refractivity contribution in [3.8, 4) is 0 Å². The smallest absolute Gasteiger partial charge is 0.324 e. The number of esters is 1. The molecular weight excluding hydrogens is 346 g/mol. The lowest BCUT2D eigenvalue weighted by atomic mass is 10.1. The van der Waals surface area contributed by atoms with Gasteiger partial charge in [0.05, 0.1) is 11.5 Å². The van der Waals surface area contributed by atoms with Crippen molar-refractivity contribution in [2.45, 2.75) is 37.1 Å². The summed E-state index contributed by atoms with van der Waals surface area (Å²) in [4.78, 5) is 23.7. The Morgan fingerprint density at radius 1 is 1.16 bits per heavy atom. The molecule has 1 aliphatic heterocycles. The Morgan fingerprint density at radius 2 is 1.84 bits per heavy atom. The van der Waals surface area contributed by atoms with Crippen molar-refractivity contribution in [1.82, 2.24) is 4.31 Å². The van der Waals surface area contributed by atoms with Gasteiger partial charge >= 0.3 is 5.97 Å². The first-order chi connectivity index (χ1) is 11.9. The number of ether oxygens (including phenoxy) is 2. The van der Waals surface area contributed by atoms with Crippen molar-refractivity contribution in [3.63, 3.8) is 0 Å². The minimum absolute atomic E-state index is 0.0640. The van der Waals surface area contributed by atoms with E-state index in [1.54, 1.807) is 0 Å². The molecule has 1 aromatic carbocycles. The maximum atomic E-state index is 12.9. The van der Waals surface area contributed by atoms with Crippen molar-refractivity contribution in [2.75, 3.05) is 26.9 Å². The number of ketones is 1. The summed E-state index contributed by atoms with van der Waals surface area (Å²) >= 11 is 0. The minimum atomic E-state index is -3.84. The number of benzene rings is 1. The van der Waals surface area contributed by atoms with E-state index in [1.807, 2.05) is 0 Å². The van der Waals surface area contributed by atoms with E-state index >= 15 is 0 Å². The number of hydrogen-bond donors (Lipinski definition) is 0. The molecule has 0 aromatic heterocycles. The largest absolute Gasteiger partial charge is 0.462 e. The first-order valence-electron chi connectivity index (χ1n) is 8.16. The maximum absolute atomic E-state index is 12.9. The van der Waals surface area contributed by atoms with Crippen molar-refractivity contribution >= 4 is 21.8 Å². The van der Waals surface area contributed by atoms with Gasteiger partial charge in [-0.05, 0) is 38.3 Å². The molecule has 0 radical (unpaired) electrons. The normalized spacial score (nSPS) is 18.7. The molecule has 7 nitrogen and oxygen atoms in total. The highest BCUT2D eigenvalue weighted by Crippen LogP contribution is 2.26. The fourth-order valence-electron chi connectivity index (χ4n) is 2.75. The predicted octanol–water partition coefficient (Wildman–Crippen LogP) is 1.62. The van der Waals surface area contributed by atoms with Gasteiger partial charge in [0, 0.05) is 19.2 Å². The number of sulfonamides is 1. The van der Waals surface area contributed by atoms with Gasteiger partial charge in [-0.2, -0.15) is 4.31 Å². The number of nitrogens with zero attached hydrogens (tertiary/aromatic N) is 1. The van der Waals surface area contributed by atoms with Gasteiger partial charge in [-0.25, -0.2) is 8.42 Å². The molecule has 0 amide bonds. The first kappa shape index (κ1) is 19.6. The van der Waals surface area contributed by atoms with Crippen LogP contribution in [0.25, 0.3) is 0 Å². The highest BCUT2D eigenvalue weighted by molar-refractivity contribution is 7.89. The van der Waals surface area contributed by atoms with Crippen LogP contribution in [0.3, 0.4) is 0 Å². The zero-order valence-electron chi connectivity index (χ0n) is 14.4. The quantitative estimate of drug-likeness (QED) is 0.412. The third kappa shape index (κ3) is 4.65. The molecule has 0 spiro atoms. The molecule has 1 aromatic rings. The number of rotatable bonds is 7. The summed E-state index contributed by atoms with van der Waals surface area (Å²) < 4.78 is 37.0. The molecule has 0 saturated carbocycles. The standard InChI is InChI=1S/C17H23NO6S/c1-13(19)14-6-8-15(9-7-14)25(21,22)18-10-4-3-5-16(18)17(20)24-12-11-23-2/h6-9,16H,3-5,10-12H2,1-2H3. The number of carbonyl (C=O) groups excluding carboxylic acids is 2. The van der Waals surface area contributed by atoms with Crippen LogP contribution >= 0.6 is 0 Å². The summed E-state index contributed by atoms with van der Waals surface area (Å²) in [5.41, 5.74) is 0.438. The first-order valence-corrected chi connectivity index (χ1v) is 9.60. The third-order valence-corrected chi connectivity index (χ3v) is 6.05. The number of piperidine rings is 1. The Labute approximate surface area is 148 Å². The molecule has 0 N–H and O–H groups in total. The number of Topliss-reactive ketones (excluding diaryl/α,β-unsaturated/α-hetero) is 1. The Hall–Kier alpha value is -1.77. The monoisotopic (exact) mass is 369 g/mol. The molecule has 1 atom stereocenters. The second kappa shape index (κ2) is 8.55. The average Bonchev–Trinajstić information content (AvgIpc) is 2.62. The van der Waals surface area contributed by atoms with E-state index in [2.05, 4.69) is 0 Å². The zero-order chi connectivity index (χ0) is 18.4. The minimum Gasteiger partial charge on any atom is -0.462 e. The summed E-state index contributed by atoms with van der Waals surface area (Å²) in [5, 5.41) is 0. The van der Waals surface area contributed by atoms with Gasteiger partial charge in [-0.3, -0.25) is 9.59 Å². The fraction of sp³-hybridized carbons (Fsp3) is 0.529. The lowest BCUT2D eigenvalue weighted by Crippen LogP contribution is -2.48. The van der Waals surface area contributed by atoms with Crippen LogP contribution in [0.2, 0.25) is 0 Å². The molecule has 25 heavy (non-hydrogen) atoms. The van der Waals surface area contributed by atoms with Crippen molar-refractivity contribution in [2.24, 2.45) is 0 Å². The molecule has 1 fully saturated rings. The van der Waals surface area contributed by atoms with E-state index in [9.17, 15) is 18.0 Å². The molecule has 1 aliphatic rings. The van der Waals surface area contributed by atoms with Gasteiger partial charge in [-0.15, -0.1) is 0 Å². The summed E-state index contributed by atoms with van der Waals surface area (Å²) in [6.45, 7) is 2.03. The number of carbonyl (C=O) groups is 2. The van der Waals surface area contributed by atoms with Crippen LogP contribution in [0.4, 0.5) is 0 Å². The van der Waals surface area contributed by atoms with Gasteiger partial charge in [0.25, 0.3) is 0 Å². The van der Waals surface area contributed by atoms with Crippen LogP contribution < -0.4 is 0 Å². The third-order valence-electron chi connectivity index (χ3n) is 4.12. The molecular formula is C17H23NO6S. The average molecular weight is 369 g/mol. The molecule has 0 aliphatic carbocycles. The van der Waals surface area contributed by atoms with Crippen LogP contribution in [0.15, 0.2) is 29.2 Å². The zero-order valence-corrected chi connectivity index (χ0v) is 15.3. The van der Waals surface area contributed by atoms with Crippen molar-refractivity contribution in [1.29, 1.82) is 0 Å². The van der Waals surface area contributed by atoms with Crippen molar-refractivity contribution in [3.05, 3.63) is 29.8 Å². The molecule has 8 heteroatoms. The van der Waals surface area contributed by atoms with Gasteiger partial charge in [0.2, 0.25) is 10.0 Å². The lowest BCUT2D eigenvalue weighted by molar-refractivity contribution is -0.150. The Balaban J connectivity index is 2.22. The van der Waals surface area contributed by atoms with Crippen LogP contribution in [0.5, 0.6) is 0 Å². The summed E-state index contributed by atoms with van der Waals surface area (Å²) in [7, 11) is -2.34. The number of hydrogen-bond acceptors (Lipinski definition) is 6. The Bertz CT molecular complexity index is 713. The predicted molar refractivity (Wildman–Crippen MR) is 90.8 cm³/mol. The Morgan fingerprint density at radius 3 is 2.44 bits per heavy atom. The second-order valence-corrected chi connectivity index (χ2v) is 7.76. The van der Waals surface area contributed by atoms with Crippen LogP contribution in [-0.4, -0.2) is 57.4 Å². The maximum Gasteiger partial charge on any atom is 0.324 e. The van der Waals surface area contributed by atoms with E-state index in [-0.39, 0.29) is 30.4 Å². The van der Waals surface area contributed by atoms with Gasteiger partial charge in [0.15, 0.2) is 5.78 Å². The highest BCUT2D eigenvalue weighted by atomic mass is 32.2. The molecule has 1 heterocycles. The van der Waals surface area contributed by atoms with E-state index in [4.69, 9.17) is 9.47 Å². The van der Waals surface area contributed by atoms with Crippen molar-refractivity contribution < 1.29 is 27.5 Å². The summed E-state index contributed by atoms with van der Waals surface area (Å²) in [6.07, 6.45) is 1.88. The molecule has 1 saturated heterocycles. The van der Waals surface area contributed by atoms with Gasteiger partial charge < -0.3 is 9.47 Å². The topological polar surface area (TPSA) is 90.0 Å². The summed E-state index contributed by atoms with van der Waals surface area (Å²) in [5.74, 6) is -0.692.